The van der Waals surface area contributed by atoms with E-state index in [1.54, 1.807) is 12.1 Å². The standard InChI is InChI=1S/C24H31FN2O.ClH/c1-18(2)23(20-8-10-22(25)11-9-20)26-24(28)21-13-16-27(17-14-21)15-12-19-6-4-3-5-7-19;/h3-11,18,21,23H,12-17H2,1-2H3,(H,26,28);1H/t23-;/m1./s1. The maximum absolute atomic E-state index is 13.2. The van der Waals surface area contributed by atoms with E-state index in [2.05, 4.69) is 48.3 Å². The van der Waals surface area contributed by atoms with Crippen LogP contribution >= 0.6 is 12.4 Å². The Kier molecular flexibility index (Phi) is 9.12. The highest BCUT2D eigenvalue weighted by atomic mass is 35.5. The number of benzene rings is 2. The number of amides is 1. The van der Waals surface area contributed by atoms with Crippen LogP contribution in [0.4, 0.5) is 4.39 Å². The van der Waals surface area contributed by atoms with Crippen LogP contribution in [-0.4, -0.2) is 30.4 Å². The molecule has 0 spiro atoms. The van der Waals surface area contributed by atoms with Gasteiger partial charge in [-0.15, -0.1) is 12.4 Å². The molecule has 1 amide bonds. The highest BCUT2D eigenvalue weighted by molar-refractivity contribution is 5.85. The number of carbonyl (C=O) groups excluding carboxylic acids is 1. The lowest BCUT2D eigenvalue weighted by Gasteiger charge is -2.33. The number of hydrogen-bond donors (Lipinski definition) is 1. The minimum atomic E-state index is -0.250. The molecular formula is C24H32ClFN2O. The summed E-state index contributed by atoms with van der Waals surface area (Å²) in [5, 5.41) is 3.21. The predicted octanol–water partition coefficient (Wildman–Crippen LogP) is 5.02. The van der Waals surface area contributed by atoms with Gasteiger partial charge in [0.25, 0.3) is 0 Å². The third-order valence-electron chi connectivity index (χ3n) is 5.71. The van der Waals surface area contributed by atoms with Gasteiger partial charge in [-0.25, -0.2) is 4.39 Å². The molecule has 1 fully saturated rings. The lowest BCUT2D eigenvalue weighted by Crippen LogP contribution is -2.42. The number of hydrogen-bond acceptors (Lipinski definition) is 2. The van der Waals surface area contributed by atoms with E-state index < -0.39 is 0 Å². The van der Waals surface area contributed by atoms with E-state index in [9.17, 15) is 9.18 Å². The Hall–Kier alpha value is -1.91. The fourth-order valence-corrected chi connectivity index (χ4v) is 3.93. The van der Waals surface area contributed by atoms with Crippen molar-refractivity contribution in [1.82, 2.24) is 10.2 Å². The van der Waals surface area contributed by atoms with Gasteiger partial charge in [0.1, 0.15) is 5.82 Å². The molecule has 0 bridgehead atoms. The van der Waals surface area contributed by atoms with Crippen LogP contribution in [0, 0.1) is 17.7 Å². The Morgan fingerprint density at radius 3 is 2.28 bits per heavy atom. The van der Waals surface area contributed by atoms with E-state index in [1.165, 1.54) is 17.7 Å². The van der Waals surface area contributed by atoms with Gasteiger partial charge >= 0.3 is 0 Å². The fourth-order valence-electron chi connectivity index (χ4n) is 3.93. The van der Waals surface area contributed by atoms with Gasteiger partial charge in [-0.3, -0.25) is 4.79 Å². The van der Waals surface area contributed by atoms with Gasteiger partial charge in [-0.05, 0) is 61.5 Å². The number of nitrogens with zero attached hydrogens (tertiary/aromatic N) is 1. The van der Waals surface area contributed by atoms with Crippen LogP contribution < -0.4 is 5.32 Å². The molecule has 0 radical (unpaired) electrons. The molecule has 29 heavy (non-hydrogen) atoms. The first-order valence-corrected chi connectivity index (χ1v) is 10.3. The quantitative estimate of drug-likeness (QED) is 0.685. The van der Waals surface area contributed by atoms with Crippen LogP contribution in [0.25, 0.3) is 0 Å². The first-order valence-electron chi connectivity index (χ1n) is 10.3. The Bertz CT molecular complexity index is 743. The third-order valence-corrected chi connectivity index (χ3v) is 5.71. The van der Waals surface area contributed by atoms with Crippen LogP contribution in [0.2, 0.25) is 0 Å². The molecule has 0 aliphatic carbocycles. The molecule has 1 aliphatic rings. The molecule has 1 atom stereocenters. The summed E-state index contributed by atoms with van der Waals surface area (Å²) < 4.78 is 13.2. The van der Waals surface area contributed by atoms with Crippen molar-refractivity contribution in [2.45, 2.75) is 39.2 Å². The second-order valence-corrected chi connectivity index (χ2v) is 8.13. The van der Waals surface area contributed by atoms with Crippen LogP contribution in [0.1, 0.15) is 43.9 Å². The van der Waals surface area contributed by atoms with Crippen LogP contribution in [0.5, 0.6) is 0 Å². The van der Waals surface area contributed by atoms with Crippen LogP contribution in [0.15, 0.2) is 54.6 Å². The van der Waals surface area contributed by atoms with E-state index in [1.807, 2.05) is 6.07 Å². The smallest absolute Gasteiger partial charge is 0.223 e. The summed E-state index contributed by atoms with van der Waals surface area (Å²) in [4.78, 5) is 15.3. The zero-order valence-corrected chi connectivity index (χ0v) is 18.1. The van der Waals surface area contributed by atoms with Crippen LogP contribution in [-0.2, 0) is 11.2 Å². The molecular weight excluding hydrogens is 387 g/mol. The summed E-state index contributed by atoms with van der Waals surface area (Å²) in [6.45, 7) is 7.14. The molecule has 0 saturated carbocycles. The number of likely N-dealkylation sites (tertiary alicyclic amines) is 1. The molecule has 1 heterocycles. The summed E-state index contributed by atoms with van der Waals surface area (Å²) >= 11 is 0. The highest BCUT2D eigenvalue weighted by Gasteiger charge is 2.27. The zero-order valence-electron chi connectivity index (χ0n) is 17.3. The maximum atomic E-state index is 13.2. The molecule has 1 N–H and O–H groups in total. The zero-order chi connectivity index (χ0) is 19.9. The lowest BCUT2D eigenvalue weighted by molar-refractivity contribution is -0.127. The minimum absolute atomic E-state index is 0. The Morgan fingerprint density at radius 2 is 1.69 bits per heavy atom. The topological polar surface area (TPSA) is 32.3 Å². The van der Waals surface area contributed by atoms with Gasteiger partial charge in [-0.2, -0.15) is 0 Å². The Morgan fingerprint density at radius 1 is 1.07 bits per heavy atom. The SMILES string of the molecule is CC(C)[C@@H](NC(=O)C1CCN(CCc2ccccc2)CC1)c1ccc(F)cc1.Cl. The van der Waals surface area contributed by atoms with Crippen molar-refractivity contribution in [2.24, 2.45) is 11.8 Å². The molecule has 1 saturated heterocycles. The molecule has 2 aromatic carbocycles. The maximum Gasteiger partial charge on any atom is 0.223 e. The molecule has 5 heteroatoms. The Labute approximate surface area is 180 Å². The van der Waals surface area contributed by atoms with Crippen LogP contribution in [0.3, 0.4) is 0 Å². The van der Waals surface area contributed by atoms with Crippen molar-refractivity contribution >= 4 is 18.3 Å². The van der Waals surface area contributed by atoms with Gasteiger partial charge in [-0.1, -0.05) is 56.3 Å². The number of piperidine rings is 1. The number of rotatable bonds is 7. The molecule has 2 aromatic rings. The van der Waals surface area contributed by atoms with Crippen molar-refractivity contribution < 1.29 is 9.18 Å². The largest absolute Gasteiger partial charge is 0.349 e. The second kappa shape index (κ2) is 11.3. The van der Waals surface area contributed by atoms with Gasteiger partial charge < -0.3 is 10.2 Å². The predicted molar refractivity (Wildman–Crippen MR) is 119 cm³/mol. The van der Waals surface area contributed by atoms with Gasteiger partial charge in [0.2, 0.25) is 5.91 Å². The van der Waals surface area contributed by atoms with E-state index >= 15 is 0 Å². The monoisotopic (exact) mass is 418 g/mol. The van der Waals surface area contributed by atoms with Gasteiger partial charge in [0.15, 0.2) is 0 Å². The number of halogens is 2. The van der Waals surface area contributed by atoms with Crippen molar-refractivity contribution in [3.63, 3.8) is 0 Å². The molecule has 0 unspecified atom stereocenters. The summed E-state index contributed by atoms with van der Waals surface area (Å²) in [6, 6.07) is 16.9. The molecule has 0 aromatic heterocycles. The molecule has 3 nitrogen and oxygen atoms in total. The van der Waals surface area contributed by atoms with Gasteiger partial charge in [0.05, 0.1) is 6.04 Å². The Balaban J connectivity index is 0.00000300. The average molecular weight is 419 g/mol. The normalized spacial score (nSPS) is 16.3. The van der Waals surface area contributed by atoms with Gasteiger partial charge in [0, 0.05) is 12.5 Å². The first-order chi connectivity index (χ1) is 13.5. The molecule has 158 valence electrons. The lowest BCUT2D eigenvalue weighted by atomic mass is 9.92. The number of nitrogens with one attached hydrogen (secondary N) is 1. The summed E-state index contributed by atoms with van der Waals surface area (Å²) in [6.07, 6.45) is 2.85. The van der Waals surface area contributed by atoms with Crippen molar-refractivity contribution in [2.75, 3.05) is 19.6 Å². The van der Waals surface area contributed by atoms with Crippen molar-refractivity contribution in [3.05, 3.63) is 71.5 Å². The average Bonchev–Trinajstić information content (AvgIpc) is 2.72. The second-order valence-electron chi connectivity index (χ2n) is 8.13. The third kappa shape index (κ3) is 6.83. The van der Waals surface area contributed by atoms with Crippen molar-refractivity contribution in [3.8, 4) is 0 Å². The summed E-state index contributed by atoms with van der Waals surface area (Å²) in [5.41, 5.74) is 2.33. The molecule has 3 rings (SSSR count). The number of carbonyl (C=O) groups is 1. The first kappa shape index (κ1) is 23.4. The van der Waals surface area contributed by atoms with E-state index in [4.69, 9.17) is 0 Å². The highest BCUT2D eigenvalue weighted by Crippen LogP contribution is 2.24. The van der Waals surface area contributed by atoms with E-state index in [0.29, 0.717) is 0 Å². The molecule has 1 aliphatic heterocycles. The summed E-state index contributed by atoms with van der Waals surface area (Å²) in [7, 11) is 0. The van der Waals surface area contributed by atoms with E-state index in [-0.39, 0.29) is 42.0 Å². The summed E-state index contributed by atoms with van der Waals surface area (Å²) in [5.74, 6) is 0.196. The fraction of sp³-hybridized carbons (Fsp3) is 0.458. The van der Waals surface area contributed by atoms with E-state index in [0.717, 1.165) is 44.5 Å². The minimum Gasteiger partial charge on any atom is -0.349 e. The van der Waals surface area contributed by atoms with Crippen molar-refractivity contribution in [1.29, 1.82) is 0 Å².